The minimum absolute atomic E-state index is 0.133. The number of aromatic nitrogens is 1. The number of aryl methyl sites for hydroxylation is 1. The van der Waals surface area contributed by atoms with Crippen molar-refractivity contribution in [1.29, 1.82) is 0 Å². The summed E-state index contributed by atoms with van der Waals surface area (Å²) in [7, 11) is 0. The number of hydrogen-bond acceptors (Lipinski definition) is 2. The Morgan fingerprint density at radius 3 is 2.76 bits per heavy atom. The molecular formula is C20H17N3O2. The third kappa shape index (κ3) is 1.95. The molecule has 1 saturated heterocycles. The monoisotopic (exact) mass is 331 g/mol. The fourth-order valence-electron chi connectivity index (χ4n) is 4.01. The topological polar surface area (TPSA) is 56.4 Å². The second kappa shape index (κ2) is 4.96. The molecule has 0 saturated carbocycles. The Labute approximate surface area is 144 Å². The zero-order valence-corrected chi connectivity index (χ0v) is 13.8. The van der Waals surface area contributed by atoms with E-state index < -0.39 is 6.04 Å². The van der Waals surface area contributed by atoms with Gasteiger partial charge in [-0.2, -0.15) is 0 Å². The SMILES string of the molecule is Cc1cccc(N2C(=O)C3Cc4c([nH]c5ccccc45)CN3C2=O)c1. The van der Waals surface area contributed by atoms with Gasteiger partial charge in [-0.15, -0.1) is 0 Å². The van der Waals surface area contributed by atoms with Gasteiger partial charge in [0, 0.05) is 23.0 Å². The Morgan fingerprint density at radius 2 is 1.92 bits per heavy atom. The summed E-state index contributed by atoms with van der Waals surface area (Å²) >= 11 is 0. The Balaban J connectivity index is 1.57. The molecule has 5 rings (SSSR count). The van der Waals surface area contributed by atoms with Crippen molar-refractivity contribution in [3.05, 3.63) is 65.4 Å². The predicted octanol–water partition coefficient (Wildman–Crippen LogP) is 3.37. The van der Waals surface area contributed by atoms with Crippen molar-refractivity contribution in [2.24, 2.45) is 0 Å². The highest BCUT2D eigenvalue weighted by atomic mass is 16.2. The van der Waals surface area contributed by atoms with Crippen LogP contribution in [0.2, 0.25) is 0 Å². The number of rotatable bonds is 1. The van der Waals surface area contributed by atoms with Gasteiger partial charge in [0.1, 0.15) is 6.04 Å². The van der Waals surface area contributed by atoms with Crippen molar-refractivity contribution in [1.82, 2.24) is 9.88 Å². The molecule has 5 nitrogen and oxygen atoms in total. The Hall–Kier alpha value is -3.08. The standard InChI is InChI=1S/C20H17N3O2/c1-12-5-4-6-13(9-12)23-19(24)18-10-15-14-7-2-3-8-16(14)21-17(15)11-22(18)20(23)25/h2-9,18,21H,10-11H2,1H3. The highest BCUT2D eigenvalue weighted by molar-refractivity contribution is 6.21. The fourth-order valence-corrected chi connectivity index (χ4v) is 4.01. The summed E-state index contributed by atoms with van der Waals surface area (Å²) in [6.07, 6.45) is 0.562. The highest BCUT2D eigenvalue weighted by Crippen LogP contribution is 2.36. The fraction of sp³-hybridized carbons (Fsp3) is 0.200. The molecule has 5 heteroatoms. The van der Waals surface area contributed by atoms with Crippen molar-refractivity contribution in [3.63, 3.8) is 0 Å². The lowest BCUT2D eigenvalue weighted by Crippen LogP contribution is -2.39. The van der Waals surface area contributed by atoms with Crippen molar-refractivity contribution >= 4 is 28.5 Å². The number of benzene rings is 2. The average Bonchev–Trinajstić information content (AvgIpc) is 3.09. The van der Waals surface area contributed by atoms with Gasteiger partial charge in [-0.1, -0.05) is 30.3 Å². The highest BCUT2D eigenvalue weighted by Gasteiger charge is 2.48. The van der Waals surface area contributed by atoms with Crippen LogP contribution in [0, 0.1) is 6.92 Å². The molecule has 124 valence electrons. The van der Waals surface area contributed by atoms with Gasteiger partial charge in [0.25, 0.3) is 5.91 Å². The molecule has 0 aliphatic carbocycles. The Kier molecular flexibility index (Phi) is 2.83. The van der Waals surface area contributed by atoms with Gasteiger partial charge in [0.05, 0.1) is 12.2 Å². The lowest BCUT2D eigenvalue weighted by atomic mass is 9.97. The molecule has 1 aromatic heterocycles. The first-order valence-electron chi connectivity index (χ1n) is 8.43. The third-order valence-electron chi connectivity index (χ3n) is 5.21. The molecule has 2 aromatic carbocycles. The third-order valence-corrected chi connectivity index (χ3v) is 5.21. The van der Waals surface area contributed by atoms with Gasteiger partial charge in [-0.25, -0.2) is 9.69 Å². The first-order chi connectivity index (χ1) is 12.1. The van der Waals surface area contributed by atoms with Gasteiger partial charge in [0.2, 0.25) is 0 Å². The molecule has 0 spiro atoms. The quantitative estimate of drug-likeness (QED) is 0.695. The number of aromatic amines is 1. The number of nitrogens with zero attached hydrogens (tertiary/aromatic N) is 2. The largest absolute Gasteiger partial charge is 0.357 e. The van der Waals surface area contributed by atoms with Crippen LogP contribution in [0.1, 0.15) is 16.8 Å². The van der Waals surface area contributed by atoms with Crippen LogP contribution in [0.15, 0.2) is 48.5 Å². The van der Waals surface area contributed by atoms with Crippen LogP contribution >= 0.6 is 0 Å². The lowest BCUT2D eigenvalue weighted by molar-refractivity contribution is -0.119. The van der Waals surface area contributed by atoms with E-state index in [-0.39, 0.29) is 11.9 Å². The minimum Gasteiger partial charge on any atom is -0.357 e. The Morgan fingerprint density at radius 1 is 1.08 bits per heavy atom. The van der Waals surface area contributed by atoms with Crippen LogP contribution < -0.4 is 4.90 Å². The van der Waals surface area contributed by atoms with E-state index in [0.717, 1.165) is 27.7 Å². The maximum atomic E-state index is 13.0. The molecule has 1 fully saturated rings. The van der Waals surface area contributed by atoms with E-state index in [1.165, 1.54) is 4.90 Å². The molecule has 3 heterocycles. The molecule has 0 bridgehead atoms. The smallest absolute Gasteiger partial charge is 0.332 e. The van der Waals surface area contributed by atoms with Crippen LogP contribution in [0.5, 0.6) is 0 Å². The predicted molar refractivity (Wildman–Crippen MR) is 95.4 cm³/mol. The van der Waals surface area contributed by atoms with Crippen LogP contribution in [0.3, 0.4) is 0 Å². The molecule has 2 aliphatic heterocycles. The molecule has 25 heavy (non-hydrogen) atoms. The number of fused-ring (bicyclic) bond motifs is 4. The van der Waals surface area contributed by atoms with E-state index in [9.17, 15) is 9.59 Å². The van der Waals surface area contributed by atoms with E-state index in [0.29, 0.717) is 18.7 Å². The average molecular weight is 331 g/mol. The number of carbonyl (C=O) groups is 2. The van der Waals surface area contributed by atoms with Crippen molar-refractivity contribution in [2.75, 3.05) is 4.90 Å². The summed E-state index contributed by atoms with van der Waals surface area (Å²) in [6.45, 7) is 2.40. The maximum Gasteiger partial charge on any atom is 0.332 e. The maximum absolute atomic E-state index is 13.0. The lowest BCUT2D eigenvalue weighted by Gasteiger charge is -2.26. The van der Waals surface area contributed by atoms with Gasteiger partial charge >= 0.3 is 6.03 Å². The summed E-state index contributed by atoms with van der Waals surface area (Å²) in [5.41, 5.74) is 4.93. The number of amides is 3. The van der Waals surface area contributed by atoms with Crippen molar-refractivity contribution in [3.8, 4) is 0 Å². The second-order valence-corrected chi connectivity index (χ2v) is 6.77. The first kappa shape index (κ1) is 14.3. The van der Waals surface area contributed by atoms with Gasteiger partial charge < -0.3 is 9.88 Å². The van der Waals surface area contributed by atoms with Gasteiger partial charge in [0.15, 0.2) is 0 Å². The first-order valence-corrected chi connectivity index (χ1v) is 8.43. The minimum atomic E-state index is -0.417. The van der Waals surface area contributed by atoms with Crippen LogP contribution in [0.25, 0.3) is 10.9 Å². The number of urea groups is 1. The van der Waals surface area contributed by atoms with E-state index >= 15 is 0 Å². The number of carbonyl (C=O) groups excluding carboxylic acids is 2. The van der Waals surface area contributed by atoms with E-state index in [1.807, 2.05) is 49.4 Å². The summed E-state index contributed by atoms with van der Waals surface area (Å²) in [5.74, 6) is -0.133. The van der Waals surface area contributed by atoms with Gasteiger partial charge in [-0.3, -0.25) is 4.79 Å². The number of H-pyrrole nitrogens is 1. The molecular weight excluding hydrogens is 314 g/mol. The summed E-state index contributed by atoms with van der Waals surface area (Å²) in [6, 6.07) is 15.0. The summed E-state index contributed by atoms with van der Waals surface area (Å²) in [5, 5.41) is 1.14. The molecule has 2 aliphatic rings. The molecule has 1 unspecified atom stereocenters. The number of para-hydroxylation sites is 1. The molecule has 0 radical (unpaired) electrons. The number of anilines is 1. The van der Waals surface area contributed by atoms with Crippen molar-refractivity contribution < 1.29 is 9.59 Å². The zero-order valence-electron chi connectivity index (χ0n) is 13.8. The Bertz CT molecular complexity index is 1040. The van der Waals surface area contributed by atoms with E-state index in [4.69, 9.17) is 0 Å². The van der Waals surface area contributed by atoms with Crippen molar-refractivity contribution in [2.45, 2.75) is 25.9 Å². The second-order valence-electron chi connectivity index (χ2n) is 6.77. The number of nitrogens with one attached hydrogen (secondary N) is 1. The molecule has 3 aromatic rings. The van der Waals surface area contributed by atoms with Crippen LogP contribution in [0.4, 0.5) is 10.5 Å². The number of hydrogen-bond donors (Lipinski definition) is 1. The summed E-state index contributed by atoms with van der Waals surface area (Å²) in [4.78, 5) is 32.3. The van der Waals surface area contributed by atoms with Gasteiger partial charge in [-0.05, 0) is 36.2 Å². The van der Waals surface area contributed by atoms with Crippen LogP contribution in [-0.2, 0) is 17.8 Å². The molecule has 3 amide bonds. The zero-order chi connectivity index (χ0) is 17.1. The number of imide groups is 1. The normalized spacial score (nSPS) is 19.5. The van der Waals surface area contributed by atoms with E-state index in [2.05, 4.69) is 11.1 Å². The molecule has 1 atom stereocenters. The van der Waals surface area contributed by atoms with E-state index in [1.54, 1.807) is 4.90 Å². The summed E-state index contributed by atoms with van der Waals surface area (Å²) < 4.78 is 0. The van der Waals surface area contributed by atoms with Crippen LogP contribution in [-0.4, -0.2) is 27.9 Å². The molecule has 1 N–H and O–H groups in total.